The van der Waals surface area contributed by atoms with E-state index in [0.717, 1.165) is 31.7 Å². The average Bonchev–Trinajstić information content (AvgIpc) is 2.82. The number of likely N-dealkylation sites (tertiary alicyclic amines) is 1. The molecule has 0 amide bonds. The maximum absolute atomic E-state index is 13.8. The van der Waals surface area contributed by atoms with Crippen molar-refractivity contribution in [2.75, 3.05) is 26.2 Å². The summed E-state index contributed by atoms with van der Waals surface area (Å²) in [4.78, 5) is 2.42. The van der Waals surface area contributed by atoms with Crippen LogP contribution in [0.1, 0.15) is 31.4 Å². The van der Waals surface area contributed by atoms with Crippen LogP contribution < -0.4 is 5.32 Å². The van der Waals surface area contributed by atoms with Crippen molar-refractivity contribution in [2.45, 2.75) is 25.8 Å². The predicted molar refractivity (Wildman–Crippen MR) is 68.5 cm³/mol. The van der Waals surface area contributed by atoms with E-state index in [2.05, 4.69) is 17.1 Å². The van der Waals surface area contributed by atoms with Crippen LogP contribution in [0.4, 0.5) is 4.39 Å². The summed E-state index contributed by atoms with van der Waals surface area (Å²) in [6.45, 7) is 6.14. The standard InChI is InChI=1S/C14H21FN2/c1-2-16-14(11-17-9-5-6-10-17)12-7-3-4-8-13(12)15/h3-4,7-8,14,16H,2,5-6,9-11H2,1H3. The third-order valence-corrected chi connectivity index (χ3v) is 3.37. The largest absolute Gasteiger partial charge is 0.309 e. The molecule has 1 aromatic carbocycles. The van der Waals surface area contributed by atoms with Gasteiger partial charge in [0.05, 0.1) is 0 Å². The van der Waals surface area contributed by atoms with Gasteiger partial charge in [0.2, 0.25) is 0 Å². The molecule has 1 atom stereocenters. The van der Waals surface area contributed by atoms with Crippen LogP contribution in [0.2, 0.25) is 0 Å². The number of likely N-dealkylation sites (N-methyl/N-ethyl adjacent to an activating group) is 1. The summed E-state index contributed by atoms with van der Waals surface area (Å²) in [5.74, 6) is -0.0994. The molecule has 1 heterocycles. The second kappa shape index (κ2) is 6.12. The molecule has 0 aromatic heterocycles. The molecule has 0 aliphatic carbocycles. The van der Waals surface area contributed by atoms with Crippen LogP contribution in [-0.2, 0) is 0 Å². The number of hydrogen-bond donors (Lipinski definition) is 1. The number of nitrogens with one attached hydrogen (secondary N) is 1. The van der Waals surface area contributed by atoms with Gasteiger partial charge in [-0.2, -0.15) is 0 Å². The highest BCUT2D eigenvalue weighted by Crippen LogP contribution is 2.20. The van der Waals surface area contributed by atoms with Crippen molar-refractivity contribution in [1.29, 1.82) is 0 Å². The van der Waals surface area contributed by atoms with E-state index in [1.165, 1.54) is 12.8 Å². The van der Waals surface area contributed by atoms with Crippen molar-refractivity contribution in [3.63, 3.8) is 0 Å². The Labute approximate surface area is 103 Å². The second-order valence-corrected chi connectivity index (χ2v) is 4.64. The molecule has 0 radical (unpaired) electrons. The molecule has 1 aliphatic heterocycles. The highest BCUT2D eigenvalue weighted by Gasteiger charge is 2.20. The molecule has 1 aliphatic rings. The van der Waals surface area contributed by atoms with Crippen molar-refractivity contribution in [3.8, 4) is 0 Å². The molecule has 2 rings (SSSR count). The average molecular weight is 236 g/mol. The van der Waals surface area contributed by atoms with Crippen LogP contribution in [0.3, 0.4) is 0 Å². The monoisotopic (exact) mass is 236 g/mol. The maximum atomic E-state index is 13.8. The van der Waals surface area contributed by atoms with Gasteiger partial charge in [-0.3, -0.25) is 0 Å². The normalized spacial score (nSPS) is 18.5. The smallest absolute Gasteiger partial charge is 0.128 e. The first kappa shape index (κ1) is 12.5. The van der Waals surface area contributed by atoms with Gasteiger partial charge in [0.15, 0.2) is 0 Å². The molecule has 17 heavy (non-hydrogen) atoms. The van der Waals surface area contributed by atoms with Gasteiger partial charge in [0.25, 0.3) is 0 Å². The molecule has 0 bridgehead atoms. The molecule has 1 fully saturated rings. The first-order chi connectivity index (χ1) is 8.31. The number of nitrogens with zero attached hydrogens (tertiary/aromatic N) is 1. The van der Waals surface area contributed by atoms with E-state index in [1.807, 2.05) is 12.1 Å². The minimum Gasteiger partial charge on any atom is -0.309 e. The Morgan fingerprint density at radius 2 is 2.00 bits per heavy atom. The Hall–Kier alpha value is -0.930. The Balaban J connectivity index is 2.08. The van der Waals surface area contributed by atoms with Crippen molar-refractivity contribution < 1.29 is 4.39 Å². The van der Waals surface area contributed by atoms with E-state index in [0.29, 0.717) is 0 Å². The number of hydrogen-bond acceptors (Lipinski definition) is 2. The third-order valence-electron chi connectivity index (χ3n) is 3.37. The molecule has 94 valence electrons. The van der Waals surface area contributed by atoms with Crippen LogP contribution in [0.15, 0.2) is 24.3 Å². The molecular weight excluding hydrogens is 215 g/mol. The molecule has 1 unspecified atom stereocenters. The van der Waals surface area contributed by atoms with Crippen molar-refractivity contribution in [1.82, 2.24) is 10.2 Å². The van der Waals surface area contributed by atoms with E-state index in [9.17, 15) is 4.39 Å². The molecule has 1 saturated heterocycles. The number of benzene rings is 1. The predicted octanol–water partition coefficient (Wildman–Crippen LogP) is 2.57. The number of rotatable bonds is 5. The van der Waals surface area contributed by atoms with Crippen LogP contribution in [0.25, 0.3) is 0 Å². The fourth-order valence-electron chi connectivity index (χ4n) is 2.50. The van der Waals surface area contributed by atoms with Crippen molar-refractivity contribution >= 4 is 0 Å². The molecule has 3 heteroatoms. The minimum absolute atomic E-state index is 0.0994. The molecule has 0 spiro atoms. The zero-order valence-electron chi connectivity index (χ0n) is 10.5. The van der Waals surface area contributed by atoms with E-state index in [1.54, 1.807) is 12.1 Å². The van der Waals surface area contributed by atoms with Gasteiger partial charge >= 0.3 is 0 Å². The van der Waals surface area contributed by atoms with Gasteiger partial charge in [-0.1, -0.05) is 25.1 Å². The van der Waals surface area contributed by atoms with Gasteiger partial charge in [0.1, 0.15) is 5.82 Å². The molecule has 1 N–H and O–H groups in total. The summed E-state index contributed by atoms with van der Waals surface area (Å²) in [6.07, 6.45) is 2.55. The first-order valence-electron chi connectivity index (χ1n) is 6.51. The Morgan fingerprint density at radius 3 is 2.65 bits per heavy atom. The van der Waals surface area contributed by atoms with Gasteiger partial charge in [-0.05, 0) is 38.5 Å². The highest BCUT2D eigenvalue weighted by atomic mass is 19.1. The van der Waals surface area contributed by atoms with Crippen molar-refractivity contribution in [3.05, 3.63) is 35.6 Å². The van der Waals surface area contributed by atoms with Gasteiger partial charge in [-0.15, -0.1) is 0 Å². The Kier molecular flexibility index (Phi) is 4.51. The van der Waals surface area contributed by atoms with Crippen LogP contribution in [0.5, 0.6) is 0 Å². The highest BCUT2D eigenvalue weighted by molar-refractivity contribution is 5.21. The van der Waals surface area contributed by atoms with Gasteiger partial charge < -0.3 is 10.2 Å². The lowest BCUT2D eigenvalue weighted by Crippen LogP contribution is -2.34. The van der Waals surface area contributed by atoms with Crippen LogP contribution >= 0.6 is 0 Å². The molecule has 0 saturated carbocycles. The molecular formula is C14H21FN2. The summed E-state index contributed by atoms with van der Waals surface area (Å²) >= 11 is 0. The summed E-state index contributed by atoms with van der Waals surface area (Å²) < 4.78 is 13.8. The quantitative estimate of drug-likeness (QED) is 0.845. The van der Waals surface area contributed by atoms with E-state index < -0.39 is 0 Å². The van der Waals surface area contributed by atoms with E-state index in [4.69, 9.17) is 0 Å². The topological polar surface area (TPSA) is 15.3 Å². The number of halogens is 1. The Bertz CT molecular complexity index is 348. The summed E-state index contributed by atoms with van der Waals surface area (Å²) in [5, 5.41) is 3.38. The first-order valence-corrected chi connectivity index (χ1v) is 6.51. The lowest BCUT2D eigenvalue weighted by atomic mass is 10.1. The lowest BCUT2D eigenvalue weighted by Gasteiger charge is -2.24. The van der Waals surface area contributed by atoms with Crippen LogP contribution in [-0.4, -0.2) is 31.1 Å². The van der Waals surface area contributed by atoms with Crippen LogP contribution in [0, 0.1) is 5.82 Å². The van der Waals surface area contributed by atoms with Gasteiger partial charge in [0, 0.05) is 18.2 Å². The summed E-state index contributed by atoms with van der Waals surface area (Å²) in [5.41, 5.74) is 0.793. The third kappa shape index (κ3) is 3.27. The van der Waals surface area contributed by atoms with Gasteiger partial charge in [-0.25, -0.2) is 4.39 Å². The fraction of sp³-hybridized carbons (Fsp3) is 0.571. The molecule has 2 nitrogen and oxygen atoms in total. The zero-order chi connectivity index (χ0) is 12.1. The van der Waals surface area contributed by atoms with E-state index >= 15 is 0 Å². The minimum atomic E-state index is -0.0994. The summed E-state index contributed by atoms with van der Waals surface area (Å²) in [7, 11) is 0. The SMILES string of the molecule is CCNC(CN1CCCC1)c1ccccc1F. The van der Waals surface area contributed by atoms with Crippen molar-refractivity contribution in [2.24, 2.45) is 0 Å². The summed E-state index contributed by atoms with van der Waals surface area (Å²) in [6, 6.07) is 7.20. The maximum Gasteiger partial charge on any atom is 0.128 e. The van der Waals surface area contributed by atoms with E-state index in [-0.39, 0.29) is 11.9 Å². The zero-order valence-corrected chi connectivity index (χ0v) is 10.5. The second-order valence-electron chi connectivity index (χ2n) is 4.64. The fourth-order valence-corrected chi connectivity index (χ4v) is 2.50. The lowest BCUT2D eigenvalue weighted by molar-refractivity contribution is 0.291. The Morgan fingerprint density at radius 1 is 1.29 bits per heavy atom. The molecule has 1 aromatic rings.